The van der Waals surface area contributed by atoms with Crippen molar-refractivity contribution in [3.8, 4) is 5.75 Å². The molecule has 0 saturated heterocycles. The van der Waals surface area contributed by atoms with E-state index in [1.807, 2.05) is 12.1 Å². The number of methoxy groups -OCH3 is 1. The Bertz CT molecular complexity index is 564. The first-order chi connectivity index (χ1) is 10.3. The molecule has 1 aliphatic rings. The summed E-state index contributed by atoms with van der Waals surface area (Å²) < 4.78 is 14.9. The number of benzene rings is 1. The second-order valence-electron chi connectivity index (χ2n) is 6.22. The van der Waals surface area contributed by atoms with Gasteiger partial charge in [-0.2, -0.15) is 0 Å². The molecule has 22 heavy (non-hydrogen) atoms. The molecule has 1 aromatic carbocycles. The van der Waals surface area contributed by atoms with Crippen LogP contribution >= 0.6 is 0 Å². The van der Waals surface area contributed by atoms with E-state index in [0.717, 1.165) is 12.0 Å². The van der Waals surface area contributed by atoms with E-state index < -0.39 is 17.8 Å². The van der Waals surface area contributed by atoms with Crippen molar-refractivity contribution in [2.24, 2.45) is 0 Å². The molecule has 0 radical (unpaired) electrons. The largest absolute Gasteiger partial charge is 0.514 e. The molecule has 0 aromatic heterocycles. The molecule has 120 valence electrons. The molecular weight excluding hydrogens is 286 g/mol. The Morgan fingerprint density at radius 3 is 2.64 bits per heavy atom. The summed E-state index contributed by atoms with van der Waals surface area (Å²) in [6.07, 6.45) is -0.330. The zero-order valence-electron chi connectivity index (χ0n) is 13.2. The van der Waals surface area contributed by atoms with Crippen LogP contribution in [0.4, 0.5) is 9.59 Å². The number of hydrogen-bond acceptors (Lipinski definition) is 5. The normalized spacial score (nSPS) is 20.0. The van der Waals surface area contributed by atoms with Gasteiger partial charge in [0.15, 0.2) is 0 Å². The van der Waals surface area contributed by atoms with E-state index in [-0.39, 0.29) is 12.0 Å². The van der Waals surface area contributed by atoms with E-state index in [1.165, 1.54) is 7.11 Å². The van der Waals surface area contributed by atoms with Crippen molar-refractivity contribution in [3.05, 3.63) is 29.8 Å². The molecular formula is C16H21NO5. The molecule has 1 N–H and O–H groups in total. The van der Waals surface area contributed by atoms with Gasteiger partial charge in [0.25, 0.3) is 0 Å². The topological polar surface area (TPSA) is 73.9 Å². The number of ether oxygens (including phenoxy) is 3. The molecule has 0 bridgehead atoms. The monoisotopic (exact) mass is 307 g/mol. The van der Waals surface area contributed by atoms with Crippen LogP contribution in [0, 0.1) is 0 Å². The Morgan fingerprint density at radius 2 is 2.00 bits per heavy atom. The third kappa shape index (κ3) is 4.65. The summed E-state index contributed by atoms with van der Waals surface area (Å²) in [5, 5.41) is 2.75. The van der Waals surface area contributed by atoms with Gasteiger partial charge in [-0.05, 0) is 44.9 Å². The molecule has 1 fully saturated rings. The molecule has 1 aliphatic carbocycles. The van der Waals surface area contributed by atoms with Crippen molar-refractivity contribution in [1.29, 1.82) is 0 Å². The fourth-order valence-electron chi connectivity index (χ4n) is 2.11. The van der Waals surface area contributed by atoms with Gasteiger partial charge in [0.1, 0.15) is 11.4 Å². The third-order valence-corrected chi connectivity index (χ3v) is 3.16. The van der Waals surface area contributed by atoms with Gasteiger partial charge in [-0.3, -0.25) is 0 Å². The van der Waals surface area contributed by atoms with Gasteiger partial charge in [-0.15, -0.1) is 0 Å². The molecule has 0 spiro atoms. The van der Waals surface area contributed by atoms with Crippen LogP contribution in [0.2, 0.25) is 0 Å². The number of rotatable bonds is 3. The minimum atomic E-state index is -0.732. The summed E-state index contributed by atoms with van der Waals surface area (Å²) in [5.74, 6) is 0.636. The standard InChI is InChI=1S/C16H21NO5/c1-16(2,3)22-15(19)21-11-7-5-6-10(8-11)12-9-13(12)17-14(18)20-4/h5-8,12-13H,9H2,1-4H3,(H,17,18)/t12-,13+/m0/s1. The second kappa shape index (κ2) is 6.25. The van der Waals surface area contributed by atoms with Crippen LogP contribution < -0.4 is 10.1 Å². The molecule has 2 rings (SSSR count). The van der Waals surface area contributed by atoms with Gasteiger partial charge in [-0.25, -0.2) is 9.59 Å². The first-order valence-corrected chi connectivity index (χ1v) is 7.14. The molecule has 0 aliphatic heterocycles. The van der Waals surface area contributed by atoms with Gasteiger partial charge >= 0.3 is 12.2 Å². The summed E-state index contributed by atoms with van der Waals surface area (Å²) >= 11 is 0. The predicted octanol–water partition coefficient (Wildman–Crippen LogP) is 3.21. The Balaban J connectivity index is 1.94. The van der Waals surface area contributed by atoms with Crippen LogP contribution in [0.5, 0.6) is 5.75 Å². The Morgan fingerprint density at radius 1 is 1.27 bits per heavy atom. The lowest BCUT2D eigenvalue weighted by molar-refractivity contribution is 0.0206. The SMILES string of the molecule is COC(=O)N[C@@H]1C[C@H]1c1cccc(OC(=O)OC(C)(C)C)c1. The Labute approximate surface area is 129 Å². The van der Waals surface area contributed by atoms with E-state index in [0.29, 0.717) is 5.75 Å². The summed E-state index contributed by atoms with van der Waals surface area (Å²) in [7, 11) is 1.34. The van der Waals surface area contributed by atoms with Crippen molar-refractivity contribution in [2.45, 2.75) is 44.8 Å². The van der Waals surface area contributed by atoms with E-state index >= 15 is 0 Å². The number of nitrogens with one attached hydrogen (secondary N) is 1. The predicted molar refractivity (Wildman–Crippen MR) is 80.0 cm³/mol. The maximum Gasteiger partial charge on any atom is 0.514 e. The average molecular weight is 307 g/mol. The lowest BCUT2D eigenvalue weighted by Crippen LogP contribution is -2.26. The van der Waals surface area contributed by atoms with Crippen LogP contribution in [-0.4, -0.2) is 31.0 Å². The summed E-state index contributed by atoms with van der Waals surface area (Å²) in [4.78, 5) is 22.8. The molecule has 0 heterocycles. The van der Waals surface area contributed by atoms with E-state index in [4.69, 9.17) is 9.47 Å². The average Bonchev–Trinajstić information content (AvgIpc) is 3.15. The van der Waals surface area contributed by atoms with Crippen molar-refractivity contribution in [1.82, 2.24) is 5.32 Å². The first-order valence-electron chi connectivity index (χ1n) is 7.14. The highest BCUT2D eigenvalue weighted by Crippen LogP contribution is 2.41. The highest BCUT2D eigenvalue weighted by Gasteiger charge is 2.40. The number of carbonyl (C=O) groups is 2. The quantitative estimate of drug-likeness (QED) is 0.685. The number of carbonyl (C=O) groups excluding carboxylic acids is 2. The number of hydrogen-bond donors (Lipinski definition) is 1. The molecule has 0 unspecified atom stereocenters. The van der Waals surface area contributed by atoms with Crippen molar-refractivity contribution in [3.63, 3.8) is 0 Å². The third-order valence-electron chi connectivity index (χ3n) is 3.16. The zero-order valence-corrected chi connectivity index (χ0v) is 13.2. The molecule has 1 aromatic rings. The van der Waals surface area contributed by atoms with E-state index in [1.54, 1.807) is 32.9 Å². The highest BCUT2D eigenvalue weighted by atomic mass is 16.7. The fourth-order valence-corrected chi connectivity index (χ4v) is 2.11. The van der Waals surface area contributed by atoms with Crippen LogP contribution in [-0.2, 0) is 9.47 Å². The fraction of sp³-hybridized carbons (Fsp3) is 0.500. The molecule has 2 atom stereocenters. The summed E-state index contributed by atoms with van der Waals surface area (Å²) in [6, 6.07) is 7.28. The highest BCUT2D eigenvalue weighted by molar-refractivity contribution is 5.68. The zero-order chi connectivity index (χ0) is 16.3. The van der Waals surface area contributed by atoms with Gasteiger partial charge in [0.05, 0.1) is 7.11 Å². The molecule has 1 amide bonds. The van der Waals surface area contributed by atoms with Crippen molar-refractivity contribution < 1.29 is 23.8 Å². The number of alkyl carbamates (subject to hydrolysis) is 1. The smallest absolute Gasteiger partial charge is 0.453 e. The Hall–Kier alpha value is -2.24. The van der Waals surface area contributed by atoms with Crippen LogP contribution in [0.15, 0.2) is 24.3 Å². The van der Waals surface area contributed by atoms with Gasteiger partial charge in [0, 0.05) is 12.0 Å². The number of amides is 1. The van der Waals surface area contributed by atoms with Crippen LogP contribution in [0.1, 0.15) is 38.7 Å². The minimum absolute atomic E-state index is 0.0595. The van der Waals surface area contributed by atoms with Gasteiger partial charge in [-0.1, -0.05) is 12.1 Å². The summed E-state index contributed by atoms with van der Waals surface area (Å²) in [6.45, 7) is 5.33. The first kappa shape index (κ1) is 16.1. The van der Waals surface area contributed by atoms with Crippen molar-refractivity contribution >= 4 is 12.2 Å². The van der Waals surface area contributed by atoms with Crippen LogP contribution in [0.3, 0.4) is 0 Å². The molecule has 6 heteroatoms. The maximum atomic E-state index is 11.7. The minimum Gasteiger partial charge on any atom is -0.453 e. The molecule has 6 nitrogen and oxygen atoms in total. The second-order valence-corrected chi connectivity index (χ2v) is 6.22. The maximum absolute atomic E-state index is 11.7. The van der Waals surface area contributed by atoms with Crippen molar-refractivity contribution in [2.75, 3.05) is 7.11 Å². The Kier molecular flexibility index (Phi) is 4.59. The lowest BCUT2D eigenvalue weighted by Gasteiger charge is -2.18. The van der Waals surface area contributed by atoms with E-state index in [9.17, 15) is 9.59 Å². The van der Waals surface area contributed by atoms with Gasteiger partial charge < -0.3 is 19.5 Å². The molecule has 1 saturated carbocycles. The van der Waals surface area contributed by atoms with Gasteiger partial charge in [0.2, 0.25) is 0 Å². The van der Waals surface area contributed by atoms with Crippen LogP contribution in [0.25, 0.3) is 0 Å². The lowest BCUT2D eigenvalue weighted by atomic mass is 10.1. The summed E-state index contributed by atoms with van der Waals surface area (Å²) in [5.41, 5.74) is 0.406. The van der Waals surface area contributed by atoms with E-state index in [2.05, 4.69) is 10.1 Å².